The van der Waals surface area contributed by atoms with Crippen molar-refractivity contribution in [3.63, 3.8) is 0 Å². The molecule has 1 aliphatic carbocycles. The van der Waals surface area contributed by atoms with Gasteiger partial charge in [0.2, 0.25) is 0 Å². The van der Waals surface area contributed by atoms with E-state index in [0.717, 1.165) is 11.4 Å². The van der Waals surface area contributed by atoms with E-state index in [1.165, 1.54) is 32.1 Å². The highest BCUT2D eigenvalue weighted by molar-refractivity contribution is 5.78. The normalized spacial score (nSPS) is 17.2. The molecule has 1 aromatic heterocycles. The van der Waals surface area contributed by atoms with E-state index in [1.807, 2.05) is 12.1 Å². The fourth-order valence-electron chi connectivity index (χ4n) is 2.39. The van der Waals surface area contributed by atoms with E-state index in [1.54, 1.807) is 13.3 Å². The fraction of sp³-hybridized carbons (Fsp3) is 0.571. The van der Waals surface area contributed by atoms with Gasteiger partial charge in [0.15, 0.2) is 5.96 Å². The van der Waals surface area contributed by atoms with E-state index in [-0.39, 0.29) is 0 Å². The van der Waals surface area contributed by atoms with Crippen molar-refractivity contribution >= 4 is 5.96 Å². The van der Waals surface area contributed by atoms with Crippen molar-refractivity contribution in [2.24, 2.45) is 10.7 Å². The molecular formula is C14H22N4O. The molecular weight excluding hydrogens is 240 g/mol. The monoisotopic (exact) mass is 262 g/mol. The van der Waals surface area contributed by atoms with Crippen LogP contribution < -0.4 is 15.8 Å². The number of rotatable bonds is 4. The van der Waals surface area contributed by atoms with E-state index in [4.69, 9.17) is 10.5 Å². The smallest absolute Gasteiger partial charge is 0.189 e. The van der Waals surface area contributed by atoms with Gasteiger partial charge < -0.3 is 15.8 Å². The van der Waals surface area contributed by atoms with Crippen LogP contribution >= 0.6 is 0 Å². The molecule has 1 heterocycles. The van der Waals surface area contributed by atoms with Crippen molar-refractivity contribution in [2.45, 2.75) is 44.7 Å². The van der Waals surface area contributed by atoms with Crippen LogP contribution in [-0.4, -0.2) is 24.1 Å². The Balaban J connectivity index is 1.89. The average Bonchev–Trinajstić information content (AvgIpc) is 2.46. The first-order valence-corrected chi connectivity index (χ1v) is 6.84. The van der Waals surface area contributed by atoms with Crippen LogP contribution in [0.2, 0.25) is 0 Å². The van der Waals surface area contributed by atoms with Gasteiger partial charge in [-0.1, -0.05) is 19.3 Å². The van der Waals surface area contributed by atoms with Gasteiger partial charge in [0.1, 0.15) is 11.4 Å². The summed E-state index contributed by atoms with van der Waals surface area (Å²) in [7, 11) is 1.63. The molecule has 2 rings (SSSR count). The van der Waals surface area contributed by atoms with E-state index in [9.17, 15) is 0 Å². The summed E-state index contributed by atoms with van der Waals surface area (Å²) in [6.45, 7) is 0.440. The van der Waals surface area contributed by atoms with Crippen LogP contribution in [0.5, 0.6) is 5.75 Å². The highest BCUT2D eigenvalue weighted by atomic mass is 16.5. The van der Waals surface area contributed by atoms with Gasteiger partial charge in [-0.2, -0.15) is 0 Å². The van der Waals surface area contributed by atoms with Crippen molar-refractivity contribution in [1.82, 2.24) is 10.3 Å². The molecule has 0 bridgehead atoms. The molecule has 0 saturated heterocycles. The molecule has 1 aromatic rings. The van der Waals surface area contributed by atoms with Gasteiger partial charge in [0.05, 0.1) is 13.7 Å². The van der Waals surface area contributed by atoms with Crippen LogP contribution in [0, 0.1) is 0 Å². The van der Waals surface area contributed by atoms with Gasteiger partial charge in [-0.15, -0.1) is 0 Å². The third-order valence-corrected chi connectivity index (χ3v) is 3.42. The minimum absolute atomic E-state index is 0.440. The molecule has 0 atom stereocenters. The number of hydrogen-bond donors (Lipinski definition) is 2. The Hall–Kier alpha value is -1.78. The molecule has 0 aromatic carbocycles. The fourth-order valence-corrected chi connectivity index (χ4v) is 2.39. The Morgan fingerprint density at radius 1 is 1.47 bits per heavy atom. The first-order chi connectivity index (χ1) is 9.29. The number of guanidine groups is 1. The number of hydrogen-bond acceptors (Lipinski definition) is 3. The number of ether oxygens (including phenoxy) is 1. The zero-order valence-electron chi connectivity index (χ0n) is 11.4. The maximum Gasteiger partial charge on any atom is 0.189 e. The topological polar surface area (TPSA) is 72.5 Å². The molecule has 0 aliphatic heterocycles. The molecule has 19 heavy (non-hydrogen) atoms. The number of aromatic nitrogens is 1. The van der Waals surface area contributed by atoms with Crippen molar-refractivity contribution in [1.29, 1.82) is 0 Å². The highest BCUT2D eigenvalue weighted by Crippen LogP contribution is 2.17. The van der Waals surface area contributed by atoms with Crippen LogP contribution in [0.25, 0.3) is 0 Å². The zero-order chi connectivity index (χ0) is 13.5. The van der Waals surface area contributed by atoms with Gasteiger partial charge in [-0.05, 0) is 25.0 Å². The van der Waals surface area contributed by atoms with Crippen LogP contribution in [0.3, 0.4) is 0 Å². The van der Waals surface area contributed by atoms with Crippen molar-refractivity contribution in [3.05, 3.63) is 24.0 Å². The molecule has 5 nitrogen and oxygen atoms in total. The van der Waals surface area contributed by atoms with Gasteiger partial charge in [0, 0.05) is 12.2 Å². The quantitative estimate of drug-likeness (QED) is 0.641. The summed E-state index contributed by atoms with van der Waals surface area (Å²) in [5.41, 5.74) is 6.72. The largest absolute Gasteiger partial charge is 0.495 e. The lowest BCUT2D eigenvalue weighted by atomic mass is 9.96. The predicted molar refractivity (Wildman–Crippen MR) is 76.1 cm³/mol. The second-order valence-electron chi connectivity index (χ2n) is 4.83. The molecule has 0 radical (unpaired) electrons. The summed E-state index contributed by atoms with van der Waals surface area (Å²) in [4.78, 5) is 8.59. The molecule has 5 heteroatoms. The van der Waals surface area contributed by atoms with Crippen molar-refractivity contribution < 1.29 is 4.74 Å². The number of nitrogens with one attached hydrogen (secondary N) is 1. The van der Waals surface area contributed by atoms with Gasteiger partial charge >= 0.3 is 0 Å². The molecule has 1 aliphatic rings. The summed E-state index contributed by atoms with van der Waals surface area (Å²) in [6, 6.07) is 4.20. The zero-order valence-corrected chi connectivity index (χ0v) is 11.4. The molecule has 3 N–H and O–H groups in total. The lowest BCUT2D eigenvalue weighted by Crippen LogP contribution is -2.41. The van der Waals surface area contributed by atoms with Crippen molar-refractivity contribution in [2.75, 3.05) is 7.11 Å². The van der Waals surface area contributed by atoms with Gasteiger partial charge in [-0.25, -0.2) is 4.99 Å². The molecule has 0 unspecified atom stereocenters. The van der Waals surface area contributed by atoms with Crippen molar-refractivity contribution in [3.8, 4) is 5.75 Å². The second-order valence-corrected chi connectivity index (χ2v) is 4.83. The minimum Gasteiger partial charge on any atom is -0.495 e. The predicted octanol–water partition coefficient (Wildman–Crippen LogP) is 1.83. The molecule has 104 valence electrons. The first-order valence-electron chi connectivity index (χ1n) is 6.84. The number of nitrogens with zero attached hydrogens (tertiary/aromatic N) is 2. The van der Waals surface area contributed by atoms with E-state index >= 15 is 0 Å². The van der Waals surface area contributed by atoms with E-state index in [0.29, 0.717) is 18.5 Å². The molecule has 0 amide bonds. The molecule has 0 spiro atoms. The Bertz CT molecular complexity index is 427. The third kappa shape index (κ3) is 4.12. The van der Waals surface area contributed by atoms with Crippen LogP contribution in [0.1, 0.15) is 37.8 Å². The van der Waals surface area contributed by atoms with Crippen LogP contribution in [0.4, 0.5) is 0 Å². The highest BCUT2D eigenvalue weighted by Gasteiger charge is 2.13. The summed E-state index contributed by atoms with van der Waals surface area (Å²) in [6.07, 6.45) is 7.99. The third-order valence-electron chi connectivity index (χ3n) is 3.42. The Labute approximate surface area is 114 Å². The molecule has 1 fully saturated rings. The van der Waals surface area contributed by atoms with Crippen LogP contribution in [-0.2, 0) is 6.54 Å². The van der Waals surface area contributed by atoms with Gasteiger partial charge in [0.25, 0.3) is 0 Å². The Morgan fingerprint density at radius 3 is 3.00 bits per heavy atom. The molecule has 1 saturated carbocycles. The summed E-state index contributed by atoms with van der Waals surface area (Å²) >= 11 is 0. The number of pyridine rings is 1. The summed E-state index contributed by atoms with van der Waals surface area (Å²) in [5, 5.41) is 3.29. The van der Waals surface area contributed by atoms with Gasteiger partial charge in [-0.3, -0.25) is 4.98 Å². The van der Waals surface area contributed by atoms with Crippen LogP contribution in [0.15, 0.2) is 23.3 Å². The Kier molecular flexibility index (Phi) is 5.01. The number of methoxy groups -OCH3 is 1. The average molecular weight is 262 g/mol. The SMILES string of the molecule is COc1cccnc1CN=C(N)NC1CCCCC1. The number of nitrogens with two attached hydrogens (primary N) is 1. The Morgan fingerprint density at radius 2 is 2.26 bits per heavy atom. The maximum absolute atomic E-state index is 5.91. The maximum atomic E-state index is 5.91. The first kappa shape index (κ1) is 13.6. The lowest BCUT2D eigenvalue weighted by molar-refractivity contribution is 0.406. The minimum atomic E-state index is 0.440. The second kappa shape index (κ2) is 6.97. The standard InChI is InChI=1S/C14H22N4O/c1-19-13-8-5-9-16-12(13)10-17-14(15)18-11-6-3-2-4-7-11/h5,8-9,11H,2-4,6-7,10H2,1H3,(H3,15,17,18). The number of aliphatic imine (C=N–C) groups is 1. The summed E-state index contributed by atoms with van der Waals surface area (Å²) in [5.74, 6) is 1.25. The van der Waals surface area contributed by atoms with E-state index < -0.39 is 0 Å². The lowest BCUT2D eigenvalue weighted by Gasteiger charge is -2.23. The summed E-state index contributed by atoms with van der Waals surface area (Å²) < 4.78 is 5.23. The van der Waals surface area contributed by atoms with E-state index in [2.05, 4.69) is 15.3 Å².